The molecule has 0 aliphatic heterocycles. The van der Waals surface area contributed by atoms with Gasteiger partial charge in [0.2, 0.25) is 5.95 Å². The summed E-state index contributed by atoms with van der Waals surface area (Å²) in [5.41, 5.74) is 2.45. The lowest BCUT2D eigenvalue weighted by Gasteiger charge is -2.21. The summed E-state index contributed by atoms with van der Waals surface area (Å²) in [5.74, 6) is 1.79. The number of rotatable bonds is 8. The second kappa shape index (κ2) is 9.38. The van der Waals surface area contributed by atoms with E-state index >= 15 is 0 Å². The highest BCUT2D eigenvalue weighted by Gasteiger charge is 2.42. The van der Waals surface area contributed by atoms with Crippen molar-refractivity contribution in [2.45, 2.75) is 50.9 Å². The third-order valence-corrected chi connectivity index (χ3v) is 8.64. The number of hydrogen-bond acceptors (Lipinski definition) is 11. The predicted octanol–water partition coefficient (Wildman–Crippen LogP) is 3.50. The van der Waals surface area contributed by atoms with Crippen molar-refractivity contribution in [2.75, 3.05) is 17.2 Å². The molecule has 2 aliphatic carbocycles. The number of aromatic nitrogens is 5. The Balaban J connectivity index is 1.32. The van der Waals surface area contributed by atoms with Crippen molar-refractivity contribution in [1.82, 2.24) is 24.9 Å². The summed E-state index contributed by atoms with van der Waals surface area (Å²) >= 11 is 3.14. The Morgan fingerprint density at radius 1 is 1.11 bits per heavy atom. The third kappa shape index (κ3) is 4.73. The van der Waals surface area contributed by atoms with Crippen molar-refractivity contribution in [2.24, 2.45) is 11.8 Å². The molecule has 11 heteroatoms. The number of fused-ring (bicyclic) bond motifs is 1. The van der Waals surface area contributed by atoms with Crippen LogP contribution >= 0.6 is 22.7 Å². The van der Waals surface area contributed by atoms with E-state index in [-0.39, 0.29) is 12.0 Å². The summed E-state index contributed by atoms with van der Waals surface area (Å²) in [6.45, 7) is 2.81. The molecule has 0 aromatic carbocycles. The highest BCUT2D eigenvalue weighted by atomic mass is 32.1. The number of nitrogens with one attached hydrogen (secondary N) is 2. The van der Waals surface area contributed by atoms with Gasteiger partial charge in [0.1, 0.15) is 22.4 Å². The first-order chi connectivity index (χ1) is 17.0. The number of anilines is 2. The van der Waals surface area contributed by atoms with Crippen molar-refractivity contribution in [3.05, 3.63) is 40.7 Å². The van der Waals surface area contributed by atoms with E-state index in [4.69, 9.17) is 15.0 Å². The van der Waals surface area contributed by atoms with Gasteiger partial charge in [-0.2, -0.15) is 4.98 Å². The molecule has 4 aromatic heterocycles. The predicted molar refractivity (Wildman–Crippen MR) is 138 cm³/mol. The Morgan fingerprint density at radius 2 is 2.00 bits per heavy atom. The molecular formula is C24H27N7O2S2. The third-order valence-electron chi connectivity index (χ3n) is 6.78. The van der Waals surface area contributed by atoms with Gasteiger partial charge in [-0.05, 0) is 44.1 Å². The second-order valence-electron chi connectivity index (χ2n) is 9.40. The highest BCUT2D eigenvalue weighted by molar-refractivity contribution is 7.21. The number of nitrogens with zero attached hydrogens (tertiary/aromatic N) is 5. The summed E-state index contributed by atoms with van der Waals surface area (Å²) in [6.07, 6.45) is 7.27. The number of hydrogen-bond donors (Lipinski definition) is 4. The largest absolute Gasteiger partial charge is 0.390 e. The van der Waals surface area contributed by atoms with Gasteiger partial charge in [0.15, 0.2) is 0 Å². The molecule has 35 heavy (non-hydrogen) atoms. The van der Waals surface area contributed by atoms with Crippen LogP contribution in [0.15, 0.2) is 30.0 Å². The van der Waals surface area contributed by atoms with E-state index in [2.05, 4.69) is 20.6 Å². The van der Waals surface area contributed by atoms with E-state index in [9.17, 15) is 10.2 Å². The first kappa shape index (κ1) is 22.7. The van der Waals surface area contributed by atoms with Gasteiger partial charge in [-0.3, -0.25) is 4.98 Å². The van der Waals surface area contributed by atoms with E-state index in [0.717, 1.165) is 38.0 Å². The van der Waals surface area contributed by atoms with Crippen LogP contribution in [0.3, 0.4) is 0 Å². The molecular weight excluding hydrogens is 482 g/mol. The van der Waals surface area contributed by atoms with Crippen LogP contribution in [0.25, 0.3) is 20.8 Å². The maximum absolute atomic E-state index is 10.9. The van der Waals surface area contributed by atoms with E-state index in [1.807, 2.05) is 18.4 Å². The van der Waals surface area contributed by atoms with Crippen LogP contribution in [0.2, 0.25) is 0 Å². The molecule has 4 heterocycles. The van der Waals surface area contributed by atoms with Crippen molar-refractivity contribution >= 4 is 44.7 Å². The van der Waals surface area contributed by atoms with Crippen LogP contribution < -0.4 is 10.6 Å². The lowest BCUT2D eigenvalue weighted by atomic mass is 10.0. The molecule has 2 aliphatic rings. The Hall–Kier alpha value is -2.73. The van der Waals surface area contributed by atoms with E-state index < -0.39 is 12.2 Å². The number of thiazole rings is 2. The molecule has 4 N–H and O–H groups in total. The summed E-state index contributed by atoms with van der Waals surface area (Å²) < 4.78 is 1.04. The molecule has 2 fully saturated rings. The quantitative estimate of drug-likeness (QED) is 0.282. The van der Waals surface area contributed by atoms with Gasteiger partial charge in [0, 0.05) is 30.7 Å². The first-order valence-corrected chi connectivity index (χ1v) is 13.6. The average molecular weight is 510 g/mol. The smallest absolute Gasteiger partial charge is 0.224 e. The van der Waals surface area contributed by atoms with Crippen LogP contribution in [-0.2, 0) is 6.42 Å². The minimum Gasteiger partial charge on any atom is -0.390 e. The molecule has 6 rings (SSSR count). The average Bonchev–Trinajstić information content (AvgIpc) is 3.24. The normalized spacial score (nSPS) is 24.2. The molecule has 0 saturated heterocycles. The van der Waals surface area contributed by atoms with Crippen molar-refractivity contribution in [3.8, 4) is 10.6 Å². The molecule has 0 bridgehead atoms. The van der Waals surface area contributed by atoms with Crippen molar-refractivity contribution in [3.63, 3.8) is 0 Å². The lowest BCUT2D eigenvalue weighted by molar-refractivity contribution is 0.0175. The fraction of sp³-hybridized carbons (Fsp3) is 0.458. The van der Waals surface area contributed by atoms with Crippen molar-refractivity contribution in [1.29, 1.82) is 0 Å². The summed E-state index contributed by atoms with van der Waals surface area (Å²) in [4.78, 5) is 22.9. The van der Waals surface area contributed by atoms with Gasteiger partial charge < -0.3 is 20.8 Å². The van der Waals surface area contributed by atoms with E-state index in [1.165, 1.54) is 12.8 Å². The van der Waals surface area contributed by atoms with Crippen molar-refractivity contribution < 1.29 is 10.2 Å². The molecule has 9 nitrogen and oxygen atoms in total. The number of aryl methyl sites for hydroxylation is 1. The zero-order valence-corrected chi connectivity index (χ0v) is 20.9. The number of pyridine rings is 1. The zero-order chi connectivity index (χ0) is 23.9. The van der Waals surface area contributed by atoms with Gasteiger partial charge in [-0.1, -0.05) is 0 Å². The fourth-order valence-electron chi connectivity index (χ4n) is 4.68. The highest BCUT2D eigenvalue weighted by Crippen LogP contribution is 2.39. The Morgan fingerprint density at radius 3 is 2.77 bits per heavy atom. The van der Waals surface area contributed by atoms with E-state index in [1.54, 1.807) is 41.3 Å². The monoisotopic (exact) mass is 509 g/mol. The SMILES string of the molecule is Cc1nc(NCC2CC2)nc(N[C@@H]2C[C@H](Cc3nccs3)[C@@H](O)[C@H]2O)c1-c1nc2cnccc2s1. The minimum absolute atomic E-state index is 0.0824. The van der Waals surface area contributed by atoms with Gasteiger partial charge in [-0.25, -0.2) is 15.0 Å². The topological polar surface area (TPSA) is 129 Å². The maximum Gasteiger partial charge on any atom is 0.224 e. The Labute approximate surface area is 210 Å². The molecule has 2 saturated carbocycles. The summed E-state index contributed by atoms with van der Waals surface area (Å²) in [5, 5.41) is 32.2. The molecule has 0 unspecified atom stereocenters. The zero-order valence-electron chi connectivity index (χ0n) is 19.3. The lowest BCUT2D eigenvalue weighted by Crippen LogP contribution is -2.35. The molecule has 4 aromatic rings. The van der Waals surface area contributed by atoms with Crippen LogP contribution in [0, 0.1) is 18.8 Å². The van der Waals surface area contributed by atoms with Crippen LogP contribution in [0.4, 0.5) is 11.8 Å². The summed E-state index contributed by atoms with van der Waals surface area (Å²) in [6, 6.07) is 1.60. The standard InChI is InChI=1S/C24H27N7O2S2/c1-12-19(23-30-16-11-25-5-4-17(16)35-23)22(31-24(28-12)27-10-13-2-3-13)29-15-8-14(20(32)21(15)33)9-18-26-6-7-34-18/h4-7,11,13-15,20-21,32-33H,2-3,8-10H2,1H3,(H2,27,28,29,31)/t14-,15-,20-,21+/m1/s1. The molecule has 4 atom stereocenters. The molecule has 0 amide bonds. The van der Waals surface area contributed by atoms with Crippen LogP contribution in [-0.4, -0.2) is 59.9 Å². The molecule has 0 radical (unpaired) electrons. The maximum atomic E-state index is 10.9. The van der Waals surface area contributed by atoms with Crippen LogP contribution in [0.5, 0.6) is 0 Å². The minimum atomic E-state index is -0.912. The Bertz CT molecular complexity index is 1290. The van der Waals surface area contributed by atoms with Gasteiger partial charge in [0.05, 0.1) is 39.3 Å². The number of aliphatic hydroxyl groups is 2. The van der Waals surface area contributed by atoms with Gasteiger partial charge >= 0.3 is 0 Å². The van der Waals surface area contributed by atoms with Crippen LogP contribution in [0.1, 0.15) is 30.0 Å². The fourth-order valence-corrected chi connectivity index (χ4v) is 6.42. The molecule has 0 spiro atoms. The first-order valence-electron chi connectivity index (χ1n) is 11.9. The van der Waals surface area contributed by atoms with Gasteiger partial charge in [-0.15, -0.1) is 22.7 Å². The summed E-state index contributed by atoms with van der Waals surface area (Å²) in [7, 11) is 0. The molecule has 182 valence electrons. The van der Waals surface area contributed by atoms with E-state index in [0.29, 0.717) is 30.5 Å². The second-order valence-corrected chi connectivity index (χ2v) is 11.4. The van der Waals surface area contributed by atoms with Gasteiger partial charge in [0.25, 0.3) is 0 Å². The Kier molecular flexibility index (Phi) is 6.09. The number of aliphatic hydroxyl groups excluding tert-OH is 2.